The normalized spacial score (nSPS) is 14.4. The van der Waals surface area contributed by atoms with Gasteiger partial charge in [0, 0.05) is 17.5 Å². The van der Waals surface area contributed by atoms with E-state index in [1.165, 1.54) is 0 Å². The van der Waals surface area contributed by atoms with Gasteiger partial charge in [-0.05, 0) is 65.4 Å². The highest BCUT2D eigenvalue weighted by Crippen LogP contribution is 2.47. The second-order valence-electron chi connectivity index (χ2n) is 13.4. The molecule has 0 atom stereocenters. The minimum atomic E-state index is -1.15. The van der Waals surface area contributed by atoms with Crippen molar-refractivity contribution in [1.29, 1.82) is 0 Å². The minimum Gasteiger partial charge on any atom is -0.493 e. The Balaban J connectivity index is 1.29. The first-order chi connectivity index (χ1) is 26.1. The van der Waals surface area contributed by atoms with Crippen molar-refractivity contribution in [2.24, 2.45) is 0 Å². The van der Waals surface area contributed by atoms with Crippen molar-refractivity contribution in [3.63, 3.8) is 0 Å². The van der Waals surface area contributed by atoms with Crippen LogP contribution in [0.3, 0.4) is 0 Å². The van der Waals surface area contributed by atoms with E-state index < -0.39 is 11.6 Å². The van der Waals surface area contributed by atoms with Crippen LogP contribution in [0.4, 0.5) is 0 Å². The van der Waals surface area contributed by atoms with Gasteiger partial charge in [0.15, 0.2) is 0 Å². The van der Waals surface area contributed by atoms with E-state index in [0.717, 1.165) is 80.1 Å². The van der Waals surface area contributed by atoms with Gasteiger partial charge in [-0.1, -0.05) is 129 Å². The Bertz CT molecular complexity index is 2080. The van der Waals surface area contributed by atoms with Crippen molar-refractivity contribution in [1.82, 2.24) is 0 Å². The Morgan fingerprint density at radius 2 is 1.23 bits per heavy atom. The van der Waals surface area contributed by atoms with Crippen LogP contribution in [-0.2, 0) is 36.9 Å². The smallest absolute Gasteiger partial charge is 0.226 e. The van der Waals surface area contributed by atoms with E-state index in [-0.39, 0.29) is 0 Å². The van der Waals surface area contributed by atoms with Crippen LogP contribution in [0.5, 0.6) is 11.5 Å². The van der Waals surface area contributed by atoms with Gasteiger partial charge in [0.2, 0.25) is 11.6 Å². The van der Waals surface area contributed by atoms with Crippen molar-refractivity contribution in [3.05, 3.63) is 155 Å². The van der Waals surface area contributed by atoms with Gasteiger partial charge < -0.3 is 28.4 Å². The van der Waals surface area contributed by atoms with Crippen LogP contribution in [0.15, 0.2) is 127 Å². The van der Waals surface area contributed by atoms with Gasteiger partial charge in [-0.25, -0.2) is 0 Å². The lowest BCUT2D eigenvalue weighted by Gasteiger charge is -2.39. The molecule has 0 bridgehead atoms. The van der Waals surface area contributed by atoms with Crippen molar-refractivity contribution in [2.45, 2.75) is 58.0 Å². The van der Waals surface area contributed by atoms with Gasteiger partial charge in [0.1, 0.15) is 11.5 Å². The molecule has 0 amide bonds. The third-order valence-corrected chi connectivity index (χ3v) is 9.77. The fourth-order valence-electron chi connectivity index (χ4n) is 7.40. The molecule has 0 saturated carbocycles. The van der Waals surface area contributed by atoms with E-state index in [9.17, 15) is 0 Å². The Hall–Kier alpha value is -4.72. The molecule has 0 N–H and O–H groups in total. The molecule has 0 aliphatic carbocycles. The summed E-state index contributed by atoms with van der Waals surface area (Å²) in [4.78, 5) is 0. The molecule has 0 aromatic heterocycles. The number of hydrogen-bond donors (Lipinski definition) is 0. The number of hydrogen-bond acceptors (Lipinski definition) is 6. The maximum Gasteiger partial charge on any atom is 0.226 e. The summed E-state index contributed by atoms with van der Waals surface area (Å²) >= 11 is 0. The van der Waals surface area contributed by atoms with Crippen LogP contribution in [0.1, 0.15) is 67.9 Å². The second kappa shape index (κ2) is 17.0. The van der Waals surface area contributed by atoms with Gasteiger partial charge in [-0.15, -0.1) is 0 Å². The molecule has 0 radical (unpaired) electrons. The highest BCUT2D eigenvalue weighted by atomic mass is 16.7. The summed E-state index contributed by atoms with van der Waals surface area (Å²) in [5.41, 5.74) is 4.81. The molecular formula is C47H50O6. The zero-order valence-electron chi connectivity index (χ0n) is 31.1. The Labute approximate surface area is 313 Å². The van der Waals surface area contributed by atoms with Crippen LogP contribution >= 0.6 is 0 Å². The van der Waals surface area contributed by atoms with Crippen LogP contribution in [0, 0.1) is 0 Å². The summed E-state index contributed by atoms with van der Waals surface area (Å²) in [6.45, 7) is 9.46. The summed E-state index contributed by atoms with van der Waals surface area (Å²) in [5, 5.41) is 4.27. The predicted octanol–water partition coefficient (Wildman–Crippen LogP) is 10.7. The van der Waals surface area contributed by atoms with Crippen molar-refractivity contribution in [3.8, 4) is 11.5 Å². The molecule has 1 heterocycles. The molecular weight excluding hydrogens is 661 g/mol. The fraction of sp³-hybridized carbons (Fsp3) is 0.319. The monoisotopic (exact) mass is 710 g/mol. The molecule has 6 heteroatoms. The molecule has 1 saturated heterocycles. The highest BCUT2D eigenvalue weighted by Gasteiger charge is 2.43. The lowest BCUT2D eigenvalue weighted by Crippen LogP contribution is -2.39. The van der Waals surface area contributed by atoms with Gasteiger partial charge in [0.05, 0.1) is 50.8 Å². The Morgan fingerprint density at radius 1 is 0.604 bits per heavy atom. The molecule has 1 fully saturated rings. The first-order valence-corrected chi connectivity index (χ1v) is 19.1. The van der Waals surface area contributed by atoms with Crippen LogP contribution in [0.25, 0.3) is 21.5 Å². The molecule has 6 aromatic carbocycles. The van der Waals surface area contributed by atoms with E-state index in [2.05, 4.69) is 98.8 Å². The van der Waals surface area contributed by atoms with E-state index >= 15 is 0 Å². The van der Waals surface area contributed by atoms with Gasteiger partial charge in [0.25, 0.3) is 0 Å². The maximum absolute atomic E-state index is 6.83. The van der Waals surface area contributed by atoms with Gasteiger partial charge >= 0.3 is 0 Å². The van der Waals surface area contributed by atoms with E-state index in [1.54, 1.807) is 0 Å². The van der Waals surface area contributed by atoms with E-state index in [4.69, 9.17) is 28.4 Å². The molecule has 6 nitrogen and oxygen atoms in total. The van der Waals surface area contributed by atoms with Crippen LogP contribution in [0.2, 0.25) is 0 Å². The van der Waals surface area contributed by atoms with Crippen LogP contribution in [-0.4, -0.2) is 39.6 Å². The average molecular weight is 711 g/mol. The highest BCUT2D eigenvalue weighted by molar-refractivity contribution is 5.90. The SMILES string of the molecule is CCCOC(OCCC)(c1ccccc1)c1c(OCC)ccc2ccc(CCOc3ccc4ccccc4c3C3(c4ccccc4)OCCCO3)cc12. The minimum absolute atomic E-state index is 0.449. The molecule has 7 rings (SSSR count). The molecule has 274 valence electrons. The van der Waals surface area contributed by atoms with Crippen molar-refractivity contribution >= 4 is 21.5 Å². The lowest BCUT2D eigenvalue weighted by atomic mass is 9.90. The lowest BCUT2D eigenvalue weighted by molar-refractivity contribution is -0.249. The summed E-state index contributed by atoms with van der Waals surface area (Å²) in [5.74, 6) is -0.735. The number of benzene rings is 6. The van der Waals surface area contributed by atoms with E-state index in [0.29, 0.717) is 46.1 Å². The number of fused-ring (bicyclic) bond motifs is 2. The third-order valence-electron chi connectivity index (χ3n) is 9.77. The summed E-state index contributed by atoms with van der Waals surface area (Å²) < 4.78 is 40.0. The Morgan fingerprint density at radius 3 is 1.92 bits per heavy atom. The van der Waals surface area contributed by atoms with Crippen LogP contribution < -0.4 is 9.47 Å². The molecule has 0 unspecified atom stereocenters. The third kappa shape index (κ3) is 7.42. The van der Waals surface area contributed by atoms with Gasteiger partial charge in [-0.3, -0.25) is 0 Å². The zero-order chi connectivity index (χ0) is 36.5. The zero-order valence-corrected chi connectivity index (χ0v) is 31.1. The molecule has 53 heavy (non-hydrogen) atoms. The summed E-state index contributed by atoms with van der Waals surface area (Å²) in [7, 11) is 0. The van der Waals surface area contributed by atoms with Crippen molar-refractivity contribution in [2.75, 3.05) is 39.6 Å². The quantitative estimate of drug-likeness (QED) is 0.0932. The molecule has 0 spiro atoms. The van der Waals surface area contributed by atoms with E-state index in [1.807, 2.05) is 49.4 Å². The fourth-order valence-corrected chi connectivity index (χ4v) is 7.40. The average Bonchev–Trinajstić information content (AvgIpc) is 3.22. The number of ether oxygens (including phenoxy) is 6. The first kappa shape index (κ1) is 36.6. The van der Waals surface area contributed by atoms with Gasteiger partial charge in [-0.2, -0.15) is 0 Å². The first-order valence-electron chi connectivity index (χ1n) is 19.1. The largest absolute Gasteiger partial charge is 0.493 e. The second-order valence-corrected chi connectivity index (χ2v) is 13.4. The topological polar surface area (TPSA) is 55.4 Å². The number of rotatable bonds is 16. The molecule has 6 aromatic rings. The standard InChI is InChI=1S/C47H50O6/c1-4-29-50-47(51-30-5-2,39-19-11-8-12-20-39)45-41-34-35(22-23-37(41)25-26-42(45)48-6-3)28-33-49-43-27-24-36-16-13-14-21-40(36)44(43)46(52-31-15-32-53-46)38-17-9-7-10-18-38/h7-14,16-27,34H,4-6,15,28-33H2,1-3H3. The van der Waals surface area contributed by atoms with Crippen molar-refractivity contribution < 1.29 is 28.4 Å². The molecule has 1 aliphatic heterocycles. The molecule has 1 aliphatic rings. The summed E-state index contributed by atoms with van der Waals surface area (Å²) in [6, 6.07) is 43.8. The maximum atomic E-state index is 6.83. The predicted molar refractivity (Wildman–Crippen MR) is 212 cm³/mol. The Kier molecular flexibility index (Phi) is 11.7. The summed E-state index contributed by atoms with van der Waals surface area (Å²) in [6.07, 6.45) is 3.20.